The standard InChI is InChI=1S/C11H13FO2/c12-9-4-2-1-3-8(9)7-14-11-6-5-10(11)13/h1-4,10-11,13H,5-7H2. The average molecular weight is 196 g/mol. The molecule has 0 bridgehead atoms. The zero-order valence-corrected chi connectivity index (χ0v) is 7.82. The highest BCUT2D eigenvalue weighted by atomic mass is 19.1. The molecule has 1 aliphatic rings. The first-order valence-corrected chi connectivity index (χ1v) is 4.80. The summed E-state index contributed by atoms with van der Waals surface area (Å²) in [5.74, 6) is -0.249. The van der Waals surface area contributed by atoms with Crippen LogP contribution in [0, 0.1) is 5.82 Å². The SMILES string of the molecule is OC1CCC1OCc1ccccc1F. The first kappa shape index (κ1) is 9.62. The van der Waals surface area contributed by atoms with Crippen LogP contribution in [0.15, 0.2) is 24.3 Å². The summed E-state index contributed by atoms with van der Waals surface area (Å²) in [7, 11) is 0. The highest BCUT2D eigenvalue weighted by Crippen LogP contribution is 2.24. The molecule has 3 heteroatoms. The average Bonchev–Trinajstić information content (AvgIpc) is 2.19. The van der Waals surface area contributed by atoms with Crippen LogP contribution in [0.5, 0.6) is 0 Å². The molecule has 2 atom stereocenters. The Balaban J connectivity index is 1.88. The monoisotopic (exact) mass is 196 g/mol. The Morgan fingerprint density at radius 1 is 1.36 bits per heavy atom. The number of hydrogen-bond donors (Lipinski definition) is 1. The molecule has 1 saturated carbocycles. The Morgan fingerprint density at radius 2 is 2.14 bits per heavy atom. The quantitative estimate of drug-likeness (QED) is 0.799. The van der Waals surface area contributed by atoms with Crippen molar-refractivity contribution in [2.45, 2.75) is 31.7 Å². The minimum Gasteiger partial charge on any atom is -0.390 e. The van der Waals surface area contributed by atoms with Crippen LogP contribution in [0.2, 0.25) is 0 Å². The van der Waals surface area contributed by atoms with Crippen LogP contribution in [0.4, 0.5) is 4.39 Å². The van der Waals surface area contributed by atoms with Gasteiger partial charge in [0.05, 0.1) is 18.8 Å². The molecule has 1 aliphatic carbocycles. The summed E-state index contributed by atoms with van der Waals surface area (Å²) in [6.07, 6.45) is 1.20. The molecule has 0 saturated heterocycles. The van der Waals surface area contributed by atoms with Crippen molar-refractivity contribution < 1.29 is 14.2 Å². The third kappa shape index (κ3) is 1.94. The second kappa shape index (κ2) is 4.07. The van der Waals surface area contributed by atoms with Crippen molar-refractivity contribution in [3.05, 3.63) is 35.6 Å². The van der Waals surface area contributed by atoms with E-state index in [1.165, 1.54) is 6.07 Å². The number of hydrogen-bond acceptors (Lipinski definition) is 2. The molecule has 0 aliphatic heterocycles. The number of aliphatic hydroxyl groups excluding tert-OH is 1. The van der Waals surface area contributed by atoms with Gasteiger partial charge < -0.3 is 9.84 Å². The molecule has 76 valence electrons. The predicted molar refractivity (Wildman–Crippen MR) is 50.2 cm³/mol. The summed E-state index contributed by atoms with van der Waals surface area (Å²) in [6, 6.07) is 6.53. The molecule has 1 fully saturated rings. The van der Waals surface area contributed by atoms with Crippen molar-refractivity contribution in [1.29, 1.82) is 0 Å². The molecule has 2 nitrogen and oxygen atoms in total. The predicted octanol–water partition coefficient (Wildman–Crippen LogP) is 1.87. The fourth-order valence-corrected chi connectivity index (χ4v) is 1.46. The van der Waals surface area contributed by atoms with E-state index in [-0.39, 0.29) is 24.6 Å². The summed E-state index contributed by atoms with van der Waals surface area (Å²) < 4.78 is 18.5. The van der Waals surface area contributed by atoms with Crippen molar-refractivity contribution >= 4 is 0 Å². The van der Waals surface area contributed by atoms with Crippen LogP contribution in [0.3, 0.4) is 0 Å². The van der Waals surface area contributed by atoms with Gasteiger partial charge in [0.2, 0.25) is 0 Å². The van der Waals surface area contributed by atoms with Gasteiger partial charge in [-0.2, -0.15) is 0 Å². The van der Waals surface area contributed by atoms with Gasteiger partial charge in [-0.05, 0) is 18.9 Å². The molecule has 14 heavy (non-hydrogen) atoms. The molecule has 0 radical (unpaired) electrons. The van der Waals surface area contributed by atoms with E-state index in [2.05, 4.69) is 0 Å². The molecule has 2 unspecified atom stereocenters. The van der Waals surface area contributed by atoms with Gasteiger partial charge in [0.15, 0.2) is 0 Å². The van der Waals surface area contributed by atoms with Gasteiger partial charge in [-0.3, -0.25) is 0 Å². The largest absolute Gasteiger partial charge is 0.390 e. The van der Waals surface area contributed by atoms with E-state index in [0.29, 0.717) is 5.56 Å². The Morgan fingerprint density at radius 3 is 2.71 bits per heavy atom. The number of ether oxygens (including phenoxy) is 1. The van der Waals surface area contributed by atoms with E-state index < -0.39 is 0 Å². The summed E-state index contributed by atoms with van der Waals surface area (Å²) in [4.78, 5) is 0. The van der Waals surface area contributed by atoms with E-state index in [1.807, 2.05) is 0 Å². The third-order valence-corrected chi connectivity index (χ3v) is 2.59. The van der Waals surface area contributed by atoms with Crippen LogP contribution in [0.1, 0.15) is 18.4 Å². The summed E-state index contributed by atoms with van der Waals surface area (Å²) in [5, 5.41) is 9.24. The molecule has 1 aromatic rings. The molecule has 1 N–H and O–H groups in total. The molecule has 0 amide bonds. The number of rotatable bonds is 3. The van der Waals surface area contributed by atoms with E-state index in [4.69, 9.17) is 4.74 Å². The molecular formula is C11H13FO2. The first-order chi connectivity index (χ1) is 6.77. The Kier molecular flexibility index (Phi) is 2.79. The molecule has 0 heterocycles. The van der Waals surface area contributed by atoms with Gasteiger partial charge in [-0.25, -0.2) is 4.39 Å². The van der Waals surface area contributed by atoms with Crippen LogP contribution in [0.25, 0.3) is 0 Å². The molecule has 0 spiro atoms. The van der Waals surface area contributed by atoms with Gasteiger partial charge >= 0.3 is 0 Å². The zero-order valence-electron chi connectivity index (χ0n) is 7.82. The summed E-state index contributed by atoms with van der Waals surface area (Å²) in [6.45, 7) is 0.244. The van der Waals surface area contributed by atoms with Crippen LogP contribution in [-0.2, 0) is 11.3 Å². The maximum absolute atomic E-state index is 13.1. The number of aliphatic hydroxyl groups is 1. The van der Waals surface area contributed by atoms with Gasteiger partial charge in [-0.1, -0.05) is 18.2 Å². The van der Waals surface area contributed by atoms with Crippen molar-refractivity contribution in [1.82, 2.24) is 0 Å². The Labute approximate surface area is 82.3 Å². The smallest absolute Gasteiger partial charge is 0.128 e. The van der Waals surface area contributed by atoms with Crippen molar-refractivity contribution in [2.75, 3.05) is 0 Å². The molecule has 0 aromatic heterocycles. The topological polar surface area (TPSA) is 29.5 Å². The lowest BCUT2D eigenvalue weighted by Gasteiger charge is -2.32. The Hall–Kier alpha value is -0.930. The van der Waals surface area contributed by atoms with E-state index in [1.54, 1.807) is 18.2 Å². The van der Waals surface area contributed by atoms with Crippen LogP contribution < -0.4 is 0 Å². The fraction of sp³-hybridized carbons (Fsp3) is 0.455. The van der Waals surface area contributed by atoms with Gasteiger partial charge in [-0.15, -0.1) is 0 Å². The second-order valence-corrected chi connectivity index (χ2v) is 3.59. The summed E-state index contributed by atoms with van der Waals surface area (Å²) in [5.41, 5.74) is 0.548. The highest BCUT2D eigenvalue weighted by molar-refractivity contribution is 5.16. The number of halogens is 1. The Bertz CT molecular complexity index is 314. The minimum absolute atomic E-state index is 0.102. The lowest BCUT2D eigenvalue weighted by Crippen LogP contribution is -2.38. The molecule has 2 rings (SSSR count). The van der Waals surface area contributed by atoms with E-state index in [9.17, 15) is 9.50 Å². The van der Waals surface area contributed by atoms with Gasteiger partial charge in [0.25, 0.3) is 0 Å². The van der Waals surface area contributed by atoms with Crippen molar-refractivity contribution in [2.24, 2.45) is 0 Å². The first-order valence-electron chi connectivity index (χ1n) is 4.80. The second-order valence-electron chi connectivity index (χ2n) is 3.59. The van der Waals surface area contributed by atoms with Gasteiger partial charge in [0.1, 0.15) is 5.82 Å². The fourth-order valence-electron chi connectivity index (χ4n) is 1.46. The third-order valence-electron chi connectivity index (χ3n) is 2.59. The van der Waals surface area contributed by atoms with E-state index >= 15 is 0 Å². The maximum Gasteiger partial charge on any atom is 0.128 e. The minimum atomic E-state index is -0.359. The van der Waals surface area contributed by atoms with Gasteiger partial charge in [0, 0.05) is 5.56 Å². The normalized spacial score (nSPS) is 25.9. The van der Waals surface area contributed by atoms with Crippen LogP contribution >= 0.6 is 0 Å². The van der Waals surface area contributed by atoms with E-state index in [0.717, 1.165) is 12.8 Å². The highest BCUT2D eigenvalue weighted by Gasteiger charge is 2.29. The molecule has 1 aromatic carbocycles. The number of benzene rings is 1. The molecular weight excluding hydrogens is 183 g/mol. The zero-order chi connectivity index (χ0) is 9.97. The van der Waals surface area contributed by atoms with Crippen LogP contribution in [-0.4, -0.2) is 17.3 Å². The maximum atomic E-state index is 13.1. The van der Waals surface area contributed by atoms with Crippen molar-refractivity contribution in [3.63, 3.8) is 0 Å². The lowest BCUT2D eigenvalue weighted by atomic mass is 9.92. The summed E-state index contributed by atoms with van der Waals surface area (Å²) >= 11 is 0. The van der Waals surface area contributed by atoms with Crippen molar-refractivity contribution in [3.8, 4) is 0 Å². The lowest BCUT2D eigenvalue weighted by molar-refractivity contribution is -0.103.